The number of quaternary nitrogens is 1. The van der Waals surface area contributed by atoms with Crippen molar-refractivity contribution in [2.45, 2.75) is 25.4 Å². The first kappa shape index (κ1) is 11.5. The minimum Gasteiger partial charge on any atom is -0.469 e. The molecule has 0 atom stereocenters. The molecule has 0 amide bonds. The fourth-order valence-corrected chi connectivity index (χ4v) is 1.86. The Morgan fingerprint density at radius 2 is 2.07 bits per heavy atom. The summed E-state index contributed by atoms with van der Waals surface area (Å²) >= 11 is 0. The predicted octanol–water partition coefficient (Wildman–Crippen LogP) is 0.151. The van der Waals surface area contributed by atoms with Gasteiger partial charge in [-0.25, -0.2) is 0 Å². The Morgan fingerprint density at radius 3 is 2.57 bits per heavy atom. The van der Waals surface area contributed by atoms with Gasteiger partial charge in [0.15, 0.2) is 0 Å². The van der Waals surface area contributed by atoms with Crippen molar-refractivity contribution in [2.75, 3.05) is 33.8 Å². The summed E-state index contributed by atoms with van der Waals surface area (Å²) in [6.45, 7) is 2.73. The SMILES string of the molecule is COC(=O)CC[N+]1(C)CCC(O)CC1. The molecule has 4 heteroatoms. The summed E-state index contributed by atoms with van der Waals surface area (Å²) in [6.07, 6.45) is 2.03. The molecule has 0 radical (unpaired) electrons. The van der Waals surface area contributed by atoms with Gasteiger partial charge < -0.3 is 14.3 Å². The van der Waals surface area contributed by atoms with Crippen molar-refractivity contribution in [3.63, 3.8) is 0 Å². The number of piperidine rings is 1. The van der Waals surface area contributed by atoms with Gasteiger partial charge in [-0.3, -0.25) is 4.79 Å². The summed E-state index contributed by atoms with van der Waals surface area (Å²) in [5, 5.41) is 9.36. The summed E-state index contributed by atoms with van der Waals surface area (Å²) in [5.41, 5.74) is 0. The molecule has 0 aliphatic carbocycles. The Kier molecular flexibility index (Phi) is 3.89. The van der Waals surface area contributed by atoms with Crippen LogP contribution in [0, 0.1) is 0 Å². The lowest BCUT2D eigenvalue weighted by atomic mass is 10.1. The third kappa shape index (κ3) is 3.27. The highest BCUT2D eigenvalue weighted by molar-refractivity contribution is 5.69. The van der Waals surface area contributed by atoms with E-state index in [4.69, 9.17) is 0 Å². The number of hydrogen-bond donors (Lipinski definition) is 1. The van der Waals surface area contributed by atoms with Gasteiger partial charge in [-0.1, -0.05) is 0 Å². The molecule has 0 bridgehead atoms. The van der Waals surface area contributed by atoms with Gasteiger partial charge in [0, 0.05) is 12.8 Å². The molecule has 0 aromatic carbocycles. The average Bonchev–Trinajstić information content (AvgIpc) is 2.20. The number of aliphatic hydroxyl groups excluding tert-OH is 1. The molecular weight excluding hydrogens is 182 g/mol. The number of rotatable bonds is 3. The van der Waals surface area contributed by atoms with Crippen LogP contribution in [0.15, 0.2) is 0 Å². The molecule has 0 aromatic heterocycles. The van der Waals surface area contributed by atoms with E-state index in [1.54, 1.807) is 0 Å². The van der Waals surface area contributed by atoms with Gasteiger partial charge in [0.25, 0.3) is 0 Å². The molecule has 1 aliphatic heterocycles. The molecule has 0 aromatic rings. The van der Waals surface area contributed by atoms with Crippen molar-refractivity contribution in [1.82, 2.24) is 0 Å². The van der Waals surface area contributed by atoms with Gasteiger partial charge in [-0.2, -0.15) is 0 Å². The van der Waals surface area contributed by atoms with E-state index in [1.807, 2.05) is 0 Å². The highest BCUT2D eigenvalue weighted by atomic mass is 16.5. The van der Waals surface area contributed by atoms with Crippen LogP contribution >= 0.6 is 0 Å². The van der Waals surface area contributed by atoms with Crippen LogP contribution in [0.1, 0.15) is 19.3 Å². The molecule has 14 heavy (non-hydrogen) atoms. The fraction of sp³-hybridized carbons (Fsp3) is 0.900. The quantitative estimate of drug-likeness (QED) is 0.523. The van der Waals surface area contributed by atoms with E-state index in [0.29, 0.717) is 6.42 Å². The summed E-state index contributed by atoms with van der Waals surface area (Å²) < 4.78 is 5.49. The molecule has 0 unspecified atom stereocenters. The summed E-state index contributed by atoms with van der Waals surface area (Å²) in [6, 6.07) is 0. The van der Waals surface area contributed by atoms with E-state index >= 15 is 0 Å². The molecule has 4 nitrogen and oxygen atoms in total. The summed E-state index contributed by atoms with van der Waals surface area (Å²) in [7, 11) is 3.55. The van der Waals surface area contributed by atoms with Crippen LogP contribution in [-0.2, 0) is 9.53 Å². The minimum absolute atomic E-state index is 0.140. The lowest BCUT2D eigenvalue weighted by Gasteiger charge is -2.39. The number of nitrogens with zero attached hydrogens (tertiary/aromatic N) is 1. The van der Waals surface area contributed by atoms with E-state index in [0.717, 1.165) is 37.0 Å². The Labute approximate surface area is 85.1 Å². The number of carbonyl (C=O) groups excluding carboxylic acids is 1. The van der Waals surface area contributed by atoms with Crippen LogP contribution < -0.4 is 0 Å². The first-order valence-electron chi connectivity index (χ1n) is 5.14. The molecule has 82 valence electrons. The second kappa shape index (κ2) is 4.75. The molecule has 1 saturated heterocycles. The lowest BCUT2D eigenvalue weighted by Crippen LogP contribution is -2.51. The normalized spacial score (nSPS) is 32.6. The number of methoxy groups -OCH3 is 1. The maximum Gasteiger partial charge on any atom is 0.311 e. The average molecular weight is 202 g/mol. The van der Waals surface area contributed by atoms with Gasteiger partial charge in [-0.05, 0) is 0 Å². The van der Waals surface area contributed by atoms with Crippen molar-refractivity contribution in [2.24, 2.45) is 0 Å². The van der Waals surface area contributed by atoms with Crippen molar-refractivity contribution in [3.05, 3.63) is 0 Å². The predicted molar refractivity (Wildman–Crippen MR) is 52.7 cm³/mol. The van der Waals surface area contributed by atoms with Crippen molar-refractivity contribution < 1.29 is 19.1 Å². The fourth-order valence-electron chi connectivity index (χ4n) is 1.86. The molecule has 0 saturated carbocycles. The largest absolute Gasteiger partial charge is 0.469 e. The second-order valence-corrected chi connectivity index (χ2v) is 4.35. The van der Waals surface area contributed by atoms with E-state index in [1.165, 1.54) is 7.11 Å². The highest BCUT2D eigenvalue weighted by Crippen LogP contribution is 2.17. The standard InChI is InChI=1S/C10H20NO3/c1-11(8-5-10(13)14-2)6-3-9(12)4-7-11/h9,12H,3-8H2,1-2H3/q+1. The molecule has 1 rings (SSSR count). The van der Waals surface area contributed by atoms with E-state index in [9.17, 15) is 9.90 Å². The van der Waals surface area contributed by atoms with Crippen LogP contribution in [0.25, 0.3) is 0 Å². The number of carbonyl (C=O) groups is 1. The number of esters is 1. The Bertz CT molecular complexity index is 198. The second-order valence-electron chi connectivity index (χ2n) is 4.35. The van der Waals surface area contributed by atoms with Crippen LogP contribution in [0.4, 0.5) is 0 Å². The maximum absolute atomic E-state index is 11.0. The smallest absolute Gasteiger partial charge is 0.311 e. The first-order chi connectivity index (χ1) is 6.56. The molecule has 0 spiro atoms. The number of ether oxygens (including phenoxy) is 1. The van der Waals surface area contributed by atoms with Crippen LogP contribution in [-0.4, -0.2) is 55.5 Å². The zero-order chi connectivity index (χ0) is 10.6. The van der Waals surface area contributed by atoms with Crippen LogP contribution in [0.2, 0.25) is 0 Å². The molecule has 1 heterocycles. The third-order valence-electron chi connectivity index (χ3n) is 3.09. The van der Waals surface area contributed by atoms with E-state index in [2.05, 4.69) is 11.8 Å². The van der Waals surface area contributed by atoms with E-state index in [-0.39, 0.29) is 12.1 Å². The Morgan fingerprint density at radius 1 is 1.50 bits per heavy atom. The van der Waals surface area contributed by atoms with Crippen LogP contribution in [0.3, 0.4) is 0 Å². The Balaban J connectivity index is 2.31. The maximum atomic E-state index is 11.0. The van der Waals surface area contributed by atoms with Crippen molar-refractivity contribution in [1.29, 1.82) is 0 Å². The van der Waals surface area contributed by atoms with Crippen LogP contribution in [0.5, 0.6) is 0 Å². The highest BCUT2D eigenvalue weighted by Gasteiger charge is 2.29. The zero-order valence-electron chi connectivity index (χ0n) is 9.03. The number of aliphatic hydroxyl groups is 1. The monoisotopic (exact) mass is 202 g/mol. The van der Waals surface area contributed by atoms with E-state index < -0.39 is 0 Å². The lowest BCUT2D eigenvalue weighted by molar-refractivity contribution is -0.914. The molecule has 1 N–H and O–H groups in total. The van der Waals surface area contributed by atoms with Gasteiger partial charge in [0.05, 0.1) is 46.3 Å². The zero-order valence-corrected chi connectivity index (χ0v) is 9.03. The third-order valence-corrected chi connectivity index (χ3v) is 3.09. The van der Waals surface area contributed by atoms with Gasteiger partial charge >= 0.3 is 5.97 Å². The van der Waals surface area contributed by atoms with Gasteiger partial charge in [0.1, 0.15) is 0 Å². The minimum atomic E-state index is -0.143. The Hall–Kier alpha value is -0.610. The summed E-state index contributed by atoms with van der Waals surface area (Å²) in [4.78, 5) is 11.0. The van der Waals surface area contributed by atoms with Gasteiger partial charge in [-0.15, -0.1) is 0 Å². The number of likely N-dealkylation sites (tertiary alicyclic amines) is 1. The first-order valence-corrected chi connectivity index (χ1v) is 5.14. The van der Waals surface area contributed by atoms with Crippen molar-refractivity contribution in [3.8, 4) is 0 Å². The van der Waals surface area contributed by atoms with Crippen molar-refractivity contribution >= 4 is 5.97 Å². The molecular formula is C10H20NO3+. The molecule has 1 fully saturated rings. The van der Waals surface area contributed by atoms with Gasteiger partial charge in [0.2, 0.25) is 0 Å². The summed E-state index contributed by atoms with van der Waals surface area (Å²) in [5.74, 6) is -0.143. The topological polar surface area (TPSA) is 46.5 Å². The molecule has 1 aliphatic rings. The number of hydrogen-bond acceptors (Lipinski definition) is 3.